The monoisotopic (exact) mass is 530 g/mol. The van der Waals surface area contributed by atoms with Crippen molar-refractivity contribution in [3.8, 4) is 5.00 Å². The van der Waals surface area contributed by atoms with Crippen LogP contribution in [0.4, 0.5) is 9.80 Å². The standard InChI is InChI=1S/C30H34N4OS2/c1-21-23-11-5-6-12-26(23)36-28(21)32-30(35)31-19-25-24-13-17-33(20-22-9-3-2-4-10-22)18-14-27(24)37-29(25)34-15-7-8-16-34/h2-4,7-10,15-16H,5-6,11-14,17-20H2,1H3,(H2,31,32,35). The highest BCUT2D eigenvalue weighted by molar-refractivity contribution is 7.16. The summed E-state index contributed by atoms with van der Waals surface area (Å²) in [5.74, 6) is 0. The molecule has 0 bridgehead atoms. The summed E-state index contributed by atoms with van der Waals surface area (Å²) >= 11 is 3.65. The van der Waals surface area contributed by atoms with Gasteiger partial charge in [-0.25, -0.2) is 4.79 Å². The maximum atomic E-state index is 13.0. The van der Waals surface area contributed by atoms with Crippen LogP contribution in [0.1, 0.15) is 50.4 Å². The van der Waals surface area contributed by atoms with E-state index in [9.17, 15) is 4.79 Å². The van der Waals surface area contributed by atoms with Crippen LogP contribution in [0, 0.1) is 6.92 Å². The van der Waals surface area contributed by atoms with E-state index < -0.39 is 0 Å². The van der Waals surface area contributed by atoms with E-state index in [1.54, 1.807) is 11.3 Å². The molecule has 3 aromatic heterocycles. The number of nitrogens with one attached hydrogen (secondary N) is 2. The summed E-state index contributed by atoms with van der Waals surface area (Å²) in [5, 5.41) is 8.61. The number of anilines is 1. The normalized spacial score (nSPS) is 15.6. The highest BCUT2D eigenvalue weighted by Gasteiger charge is 2.24. The molecule has 0 radical (unpaired) electrons. The van der Waals surface area contributed by atoms with E-state index >= 15 is 0 Å². The van der Waals surface area contributed by atoms with Crippen LogP contribution in [0.15, 0.2) is 54.9 Å². The molecule has 1 aromatic carbocycles. The fraction of sp³-hybridized carbons (Fsp3) is 0.367. The van der Waals surface area contributed by atoms with Gasteiger partial charge in [0.15, 0.2) is 0 Å². The van der Waals surface area contributed by atoms with Gasteiger partial charge in [-0.2, -0.15) is 0 Å². The van der Waals surface area contributed by atoms with Crippen molar-refractivity contribution in [1.82, 2.24) is 14.8 Å². The number of aromatic nitrogens is 1. The third kappa shape index (κ3) is 5.26. The van der Waals surface area contributed by atoms with Crippen LogP contribution in [-0.2, 0) is 38.8 Å². The average molecular weight is 531 g/mol. The van der Waals surface area contributed by atoms with Crippen LogP contribution < -0.4 is 10.6 Å². The second-order valence-corrected chi connectivity index (χ2v) is 12.3. The second-order valence-electron chi connectivity index (χ2n) is 10.1. The van der Waals surface area contributed by atoms with E-state index in [1.165, 1.54) is 55.4 Å². The SMILES string of the molecule is Cc1c(NC(=O)NCc2c(-n3cccc3)sc3c2CCN(Cc2ccccc2)CC3)sc2c1CCCC2. The van der Waals surface area contributed by atoms with Crippen molar-refractivity contribution in [3.63, 3.8) is 0 Å². The Morgan fingerprint density at radius 1 is 0.892 bits per heavy atom. The van der Waals surface area contributed by atoms with Crippen molar-refractivity contribution in [1.29, 1.82) is 0 Å². The van der Waals surface area contributed by atoms with Gasteiger partial charge in [-0.1, -0.05) is 30.3 Å². The van der Waals surface area contributed by atoms with Gasteiger partial charge in [-0.3, -0.25) is 10.2 Å². The first-order chi connectivity index (χ1) is 18.2. The fourth-order valence-corrected chi connectivity index (χ4v) is 8.30. The van der Waals surface area contributed by atoms with Crippen LogP contribution in [0.25, 0.3) is 5.00 Å². The van der Waals surface area contributed by atoms with Gasteiger partial charge in [0, 0.05) is 53.9 Å². The highest BCUT2D eigenvalue weighted by Crippen LogP contribution is 2.38. The predicted molar refractivity (Wildman–Crippen MR) is 154 cm³/mol. The van der Waals surface area contributed by atoms with Crippen LogP contribution in [0.3, 0.4) is 0 Å². The van der Waals surface area contributed by atoms with Gasteiger partial charge in [0.2, 0.25) is 0 Å². The number of nitrogens with zero attached hydrogens (tertiary/aromatic N) is 2. The fourth-order valence-electron chi connectivity index (χ4n) is 5.69. The maximum absolute atomic E-state index is 13.0. The van der Waals surface area contributed by atoms with E-state index in [0.29, 0.717) is 6.54 Å². The number of amides is 2. The molecule has 2 aliphatic rings. The molecule has 6 rings (SSSR count). The molecule has 0 saturated carbocycles. The molecule has 2 amide bonds. The van der Waals surface area contributed by atoms with Gasteiger partial charge < -0.3 is 9.88 Å². The number of hydrogen-bond acceptors (Lipinski definition) is 4. The molecular formula is C30H34N4OS2. The summed E-state index contributed by atoms with van der Waals surface area (Å²) in [7, 11) is 0. The Kier molecular flexibility index (Phi) is 7.18. The molecule has 4 heterocycles. The number of aryl methyl sites for hydroxylation is 1. The minimum atomic E-state index is -0.112. The Morgan fingerprint density at radius 3 is 2.46 bits per heavy atom. The molecule has 0 saturated heterocycles. The lowest BCUT2D eigenvalue weighted by atomic mass is 9.96. The van der Waals surface area contributed by atoms with Crippen LogP contribution in [-0.4, -0.2) is 28.6 Å². The second kappa shape index (κ2) is 10.9. The lowest BCUT2D eigenvalue weighted by Crippen LogP contribution is -2.29. The van der Waals surface area contributed by atoms with E-state index in [1.807, 2.05) is 11.3 Å². The number of rotatable bonds is 6. The first-order valence-corrected chi connectivity index (χ1v) is 15.0. The number of thiophene rings is 2. The molecule has 0 fully saturated rings. The minimum Gasteiger partial charge on any atom is -0.334 e. The van der Waals surface area contributed by atoms with Crippen molar-refractivity contribution >= 4 is 33.7 Å². The Bertz CT molecular complexity index is 1370. The summed E-state index contributed by atoms with van der Waals surface area (Å²) in [5.41, 5.74) is 6.77. The molecule has 7 heteroatoms. The van der Waals surface area contributed by atoms with Crippen molar-refractivity contribution in [2.45, 2.75) is 58.5 Å². The topological polar surface area (TPSA) is 49.3 Å². The van der Waals surface area contributed by atoms with E-state index in [2.05, 4.69) is 81.9 Å². The summed E-state index contributed by atoms with van der Waals surface area (Å²) in [4.78, 5) is 18.5. The number of benzene rings is 1. The van der Waals surface area contributed by atoms with Gasteiger partial charge >= 0.3 is 6.03 Å². The summed E-state index contributed by atoms with van der Waals surface area (Å²) < 4.78 is 2.20. The van der Waals surface area contributed by atoms with Gasteiger partial charge in [-0.05, 0) is 79.8 Å². The summed E-state index contributed by atoms with van der Waals surface area (Å²) in [6.45, 7) is 5.76. The minimum absolute atomic E-state index is 0.112. The van der Waals surface area contributed by atoms with E-state index in [4.69, 9.17) is 0 Å². The quantitative estimate of drug-likeness (QED) is 0.291. The van der Waals surface area contributed by atoms with Crippen molar-refractivity contribution < 1.29 is 4.79 Å². The summed E-state index contributed by atoms with van der Waals surface area (Å²) in [6, 6.07) is 14.8. The molecule has 1 aliphatic carbocycles. The van der Waals surface area contributed by atoms with Crippen LogP contribution in [0.2, 0.25) is 0 Å². The number of urea groups is 1. The molecule has 0 unspecified atom stereocenters. The Labute approximate surface area is 227 Å². The molecular weight excluding hydrogens is 496 g/mol. The molecule has 192 valence electrons. The lowest BCUT2D eigenvalue weighted by Gasteiger charge is -2.20. The number of fused-ring (bicyclic) bond motifs is 2. The predicted octanol–water partition coefficient (Wildman–Crippen LogP) is 6.71. The Morgan fingerprint density at radius 2 is 1.65 bits per heavy atom. The molecule has 1 aliphatic heterocycles. The lowest BCUT2D eigenvalue weighted by molar-refractivity contribution is 0.251. The van der Waals surface area contributed by atoms with Gasteiger partial charge in [0.05, 0.1) is 5.00 Å². The van der Waals surface area contributed by atoms with Crippen LogP contribution in [0.5, 0.6) is 0 Å². The van der Waals surface area contributed by atoms with Crippen molar-refractivity contribution in [3.05, 3.63) is 92.4 Å². The first-order valence-electron chi connectivity index (χ1n) is 13.3. The average Bonchev–Trinajstić information content (AvgIpc) is 3.61. The first kappa shape index (κ1) is 24.5. The zero-order valence-electron chi connectivity index (χ0n) is 21.4. The smallest absolute Gasteiger partial charge is 0.320 e. The van der Waals surface area contributed by atoms with E-state index in [0.717, 1.165) is 50.3 Å². The molecule has 0 spiro atoms. The van der Waals surface area contributed by atoms with Gasteiger partial charge in [0.1, 0.15) is 5.00 Å². The highest BCUT2D eigenvalue weighted by atomic mass is 32.1. The number of hydrogen-bond donors (Lipinski definition) is 2. The molecule has 0 atom stereocenters. The molecule has 2 N–H and O–H groups in total. The van der Waals surface area contributed by atoms with E-state index in [-0.39, 0.29) is 6.03 Å². The molecule has 4 aromatic rings. The van der Waals surface area contributed by atoms with Crippen molar-refractivity contribution in [2.24, 2.45) is 0 Å². The number of carbonyl (C=O) groups excluding carboxylic acids is 1. The van der Waals surface area contributed by atoms with Gasteiger partial charge in [-0.15, -0.1) is 22.7 Å². The molecule has 37 heavy (non-hydrogen) atoms. The van der Waals surface area contributed by atoms with Crippen LogP contribution >= 0.6 is 22.7 Å². The Hall–Kier alpha value is -2.87. The zero-order valence-corrected chi connectivity index (χ0v) is 23.0. The molecule has 5 nitrogen and oxygen atoms in total. The number of carbonyl (C=O) groups is 1. The Balaban J connectivity index is 1.18. The van der Waals surface area contributed by atoms with Crippen molar-refractivity contribution in [2.75, 3.05) is 18.4 Å². The zero-order chi connectivity index (χ0) is 25.2. The maximum Gasteiger partial charge on any atom is 0.320 e. The summed E-state index contributed by atoms with van der Waals surface area (Å²) in [6.07, 6.45) is 11.1. The third-order valence-corrected chi connectivity index (χ3v) is 10.3. The largest absolute Gasteiger partial charge is 0.334 e. The van der Waals surface area contributed by atoms with Gasteiger partial charge in [0.25, 0.3) is 0 Å². The third-order valence-electron chi connectivity index (χ3n) is 7.69.